The molecular formula is C16H20ClN3OS. The van der Waals surface area contributed by atoms with Crippen molar-refractivity contribution in [3.05, 3.63) is 22.7 Å². The Labute approximate surface area is 139 Å². The molecule has 1 aromatic heterocycles. The summed E-state index contributed by atoms with van der Waals surface area (Å²) in [6.45, 7) is 5.56. The van der Waals surface area contributed by atoms with Gasteiger partial charge in [0.05, 0.1) is 10.2 Å². The van der Waals surface area contributed by atoms with E-state index >= 15 is 0 Å². The van der Waals surface area contributed by atoms with Crippen LogP contribution in [0.3, 0.4) is 0 Å². The lowest BCUT2D eigenvalue weighted by Gasteiger charge is -2.36. The number of halogens is 1. The predicted octanol–water partition coefficient (Wildman–Crippen LogP) is 3.71. The Hall–Kier alpha value is -1.33. The number of benzene rings is 1. The summed E-state index contributed by atoms with van der Waals surface area (Å²) >= 11 is 7.83. The van der Waals surface area contributed by atoms with Crippen molar-refractivity contribution in [1.29, 1.82) is 0 Å². The van der Waals surface area contributed by atoms with E-state index in [4.69, 9.17) is 16.6 Å². The van der Waals surface area contributed by atoms with Gasteiger partial charge in [-0.25, -0.2) is 4.98 Å². The molecule has 0 spiro atoms. The molecule has 2 heterocycles. The van der Waals surface area contributed by atoms with Crippen LogP contribution in [0.15, 0.2) is 12.1 Å². The Balaban J connectivity index is 1.76. The van der Waals surface area contributed by atoms with Crippen molar-refractivity contribution < 1.29 is 4.79 Å². The summed E-state index contributed by atoms with van der Waals surface area (Å²) in [6.07, 6.45) is 1.98. The molecule has 0 atom stereocenters. The molecule has 1 amide bonds. The number of carbonyl (C=O) groups excluding carboxylic acids is 1. The van der Waals surface area contributed by atoms with Crippen molar-refractivity contribution >= 4 is 44.2 Å². The summed E-state index contributed by atoms with van der Waals surface area (Å²) in [5, 5.41) is 1.83. The van der Waals surface area contributed by atoms with Crippen LogP contribution >= 0.6 is 22.9 Å². The van der Waals surface area contributed by atoms with E-state index in [-0.39, 0.29) is 5.91 Å². The van der Waals surface area contributed by atoms with E-state index in [0.717, 1.165) is 51.9 Å². The molecule has 1 fully saturated rings. The molecule has 4 nitrogen and oxygen atoms in total. The smallest absolute Gasteiger partial charge is 0.219 e. The van der Waals surface area contributed by atoms with Gasteiger partial charge in [-0.15, -0.1) is 0 Å². The Kier molecular flexibility index (Phi) is 4.28. The summed E-state index contributed by atoms with van der Waals surface area (Å²) in [5.74, 6) is 0.142. The number of aryl methyl sites for hydroxylation is 1. The summed E-state index contributed by atoms with van der Waals surface area (Å²) < 4.78 is 1.14. The third-order valence-corrected chi connectivity index (χ3v) is 5.70. The summed E-state index contributed by atoms with van der Waals surface area (Å²) in [7, 11) is 1.89. The van der Waals surface area contributed by atoms with Gasteiger partial charge >= 0.3 is 0 Å². The molecule has 2 aromatic rings. The number of piperidine rings is 1. The predicted molar refractivity (Wildman–Crippen MR) is 93.0 cm³/mol. The molecule has 3 rings (SSSR count). The second kappa shape index (κ2) is 6.05. The molecule has 0 bridgehead atoms. The molecule has 0 N–H and O–H groups in total. The van der Waals surface area contributed by atoms with Crippen LogP contribution in [-0.2, 0) is 4.79 Å². The molecule has 1 aliphatic rings. The van der Waals surface area contributed by atoms with Gasteiger partial charge in [0.15, 0.2) is 5.13 Å². The quantitative estimate of drug-likeness (QED) is 0.838. The minimum absolute atomic E-state index is 0.142. The van der Waals surface area contributed by atoms with E-state index < -0.39 is 0 Å². The largest absolute Gasteiger partial charge is 0.348 e. The zero-order chi connectivity index (χ0) is 15.9. The fourth-order valence-corrected chi connectivity index (χ4v) is 4.45. The number of amides is 1. The number of fused-ring (bicyclic) bond motifs is 1. The number of thiazole rings is 1. The highest BCUT2D eigenvalue weighted by atomic mass is 35.5. The van der Waals surface area contributed by atoms with Gasteiger partial charge in [-0.3, -0.25) is 4.79 Å². The Morgan fingerprint density at radius 1 is 1.41 bits per heavy atom. The van der Waals surface area contributed by atoms with E-state index in [0.29, 0.717) is 6.04 Å². The average molecular weight is 338 g/mol. The summed E-state index contributed by atoms with van der Waals surface area (Å²) in [6, 6.07) is 4.29. The molecule has 0 radical (unpaired) electrons. The number of anilines is 1. The van der Waals surface area contributed by atoms with Crippen LogP contribution in [0.25, 0.3) is 10.2 Å². The highest BCUT2D eigenvalue weighted by molar-refractivity contribution is 7.22. The second-order valence-corrected chi connectivity index (χ2v) is 7.36. The first-order chi connectivity index (χ1) is 10.5. The van der Waals surface area contributed by atoms with Gasteiger partial charge in [0.25, 0.3) is 0 Å². The average Bonchev–Trinajstić information content (AvgIpc) is 2.90. The molecule has 1 aliphatic heterocycles. The maximum atomic E-state index is 11.5. The van der Waals surface area contributed by atoms with Gasteiger partial charge in [-0.1, -0.05) is 22.9 Å². The second-order valence-electron chi connectivity index (χ2n) is 5.91. The molecule has 0 saturated carbocycles. The maximum absolute atomic E-state index is 11.5. The Morgan fingerprint density at radius 3 is 2.73 bits per heavy atom. The van der Waals surface area contributed by atoms with Gasteiger partial charge in [0.1, 0.15) is 0 Å². The minimum atomic E-state index is 0.142. The van der Waals surface area contributed by atoms with Crippen molar-refractivity contribution in [3.8, 4) is 0 Å². The lowest BCUT2D eigenvalue weighted by molar-refractivity contribution is -0.129. The van der Waals surface area contributed by atoms with Crippen molar-refractivity contribution in [2.45, 2.75) is 32.7 Å². The van der Waals surface area contributed by atoms with Crippen LogP contribution in [0, 0.1) is 6.92 Å². The standard InChI is InChI=1S/C16H20ClN3OS/c1-10-8-12(17)9-14-15(10)18-16(22-14)20-6-4-13(5-7-20)19(3)11(2)21/h8-9,13H,4-7H2,1-3H3. The van der Waals surface area contributed by atoms with E-state index in [1.165, 1.54) is 0 Å². The van der Waals surface area contributed by atoms with E-state index in [1.807, 2.05) is 31.0 Å². The first-order valence-corrected chi connectivity index (χ1v) is 8.70. The molecule has 22 heavy (non-hydrogen) atoms. The third kappa shape index (κ3) is 2.92. The topological polar surface area (TPSA) is 36.4 Å². The Bertz CT molecular complexity index is 707. The normalized spacial score (nSPS) is 16.3. The van der Waals surface area contributed by atoms with Crippen molar-refractivity contribution in [1.82, 2.24) is 9.88 Å². The number of aromatic nitrogens is 1. The molecule has 0 aliphatic carbocycles. The first kappa shape index (κ1) is 15.6. The highest BCUT2D eigenvalue weighted by Crippen LogP contribution is 2.34. The SMILES string of the molecule is CC(=O)N(C)C1CCN(c2nc3c(C)cc(Cl)cc3s2)CC1. The summed E-state index contributed by atoms with van der Waals surface area (Å²) in [5.41, 5.74) is 2.17. The zero-order valence-electron chi connectivity index (χ0n) is 13.1. The number of rotatable bonds is 2. The fourth-order valence-electron chi connectivity index (χ4n) is 2.98. The van der Waals surface area contributed by atoms with E-state index in [2.05, 4.69) is 4.90 Å². The van der Waals surface area contributed by atoms with E-state index in [9.17, 15) is 4.79 Å². The van der Waals surface area contributed by atoms with Gasteiger partial charge < -0.3 is 9.80 Å². The molecule has 1 saturated heterocycles. The molecule has 118 valence electrons. The van der Waals surface area contributed by atoms with Crippen LogP contribution in [0.5, 0.6) is 0 Å². The minimum Gasteiger partial charge on any atom is -0.348 e. The molecule has 1 aromatic carbocycles. The highest BCUT2D eigenvalue weighted by Gasteiger charge is 2.25. The van der Waals surface area contributed by atoms with Gasteiger partial charge in [0, 0.05) is 38.1 Å². The van der Waals surface area contributed by atoms with Gasteiger partial charge in [0.2, 0.25) is 5.91 Å². The van der Waals surface area contributed by atoms with Crippen molar-refractivity contribution in [2.75, 3.05) is 25.0 Å². The third-order valence-electron chi connectivity index (χ3n) is 4.42. The lowest BCUT2D eigenvalue weighted by Crippen LogP contribution is -2.45. The molecular weight excluding hydrogens is 318 g/mol. The van der Waals surface area contributed by atoms with Crippen LogP contribution in [-0.4, -0.2) is 42.0 Å². The first-order valence-electron chi connectivity index (χ1n) is 7.50. The van der Waals surface area contributed by atoms with Crippen molar-refractivity contribution in [2.24, 2.45) is 0 Å². The van der Waals surface area contributed by atoms with Crippen LogP contribution in [0.2, 0.25) is 5.02 Å². The van der Waals surface area contributed by atoms with Crippen LogP contribution < -0.4 is 4.90 Å². The number of nitrogens with zero attached hydrogens (tertiary/aromatic N) is 3. The van der Waals surface area contributed by atoms with Crippen molar-refractivity contribution in [3.63, 3.8) is 0 Å². The molecule has 0 unspecified atom stereocenters. The number of hydrogen-bond donors (Lipinski definition) is 0. The number of carbonyl (C=O) groups is 1. The maximum Gasteiger partial charge on any atom is 0.219 e. The lowest BCUT2D eigenvalue weighted by atomic mass is 10.0. The number of hydrogen-bond acceptors (Lipinski definition) is 4. The molecule has 6 heteroatoms. The van der Waals surface area contributed by atoms with Gasteiger partial charge in [-0.2, -0.15) is 0 Å². The van der Waals surface area contributed by atoms with Gasteiger partial charge in [-0.05, 0) is 37.5 Å². The van der Waals surface area contributed by atoms with Crippen LogP contribution in [0.1, 0.15) is 25.3 Å². The zero-order valence-corrected chi connectivity index (χ0v) is 14.7. The van der Waals surface area contributed by atoms with E-state index in [1.54, 1.807) is 18.3 Å². The monoisotopic (exact) mass is 337 g/mol. The Morgan fingerprint density at radius 2 is 2.09 bits per heavy atom. The van der Waals surface area contributed by atoms with Crippen LogP contribution in [0.4, 0.5) is 5.13 Å². The fraction of sp³-hybridized carbons (Fsp3) is 0.500. The summed E-state index contributed by atoms with van der Waals surface area (Å²) in [4.78, 5) is 20.4.